The number of hydrogen-bond acceptors (Lipinski definition) is 5. The van der Waals surface area contributed by atoms with Crippen molar-refractivity contribution in [2.75, 3.05) is 26.2 Å². The Balaban J connectivity index is 1.43. The van der Waals surface area contributed by atoms with Crippen LogP contribution >= 0.6 is 0 Å². The van der Waals surface area contributed by atoms with Gasteiger partial charge in [0.05, 0.1) is 24.4 Å². The number of fused-ring (bicyclic) bond motifs is 1. The third kappa shape index (κ3) is 3.48. The van der Waals surface area contributed by atoms with Crippen LogP contribution in [0.15, 0.2) is 42.7 Å². The van der Waals surface area contributed by atoms with Gasteiger partial charge in [0.1, 0.15) is 0 Å². The van der Waals surface area contributed by atoms with Gasteiger partial charge < -0.3 is 4.74 Å². The lowest BCUT2D eigenvalue weighted by Gasteiger charge is -2.36. The molecule has 5 heteroatoms. The molecule has 0 N–H and O–H groups in total. The van der Waals surface area contributed by atoms with Crippen molar-refractivity contribution < 1.29 is 4.74 Å². The molecule has 24 heavy (non-hydrogen) atoms. The second-order valence-corrected chi connectivity index (χ2v) is 6.77. The predicted octanol–water partition coefficient (Wildman–Crippen LogP) is 1.87. The van der Waals surface area contributed by atoms with Gasteiger partial charge in [-0.2, -0.15) is 0 Å². The van der Waals surface area contributed by atoms with Gasteiger partial charge in [-0.3, -0.25) is 19.8 Å². The molecule has 0 aromatic carbocycles. The van der Waals surface area contributed by atoms with Gasteiger partial charge >= 0.3 is 0 Å². The third-order valence-electron chi connectivity index (χ3n) is 4.93. The van der Waals surface area contributed by atoms with E-state index in [9.17, 15) is 0 Å². The number of aryl methyl sites for hydroxylation is 1. The van der Waals surface area contributed by atoms with Crippen molar-refractivity contribution in [3.8, 4) is 0 Å². The largest absolute Gasteiger partial charge is 0.374 e. The van der Waals surface area contributed by atoms with Crippen LogP contribution in [0.1, 0.15) is 17.0 Å². The van der Waals surface area contributed by atoms with Gasteiger partial charge in [0.25, 0.3) is 0 Å². The minimum Gasteiger partial charge on any atom is -0.374 e. The number of morpholine rings is 1. The Morgan fingerprint density at radius 1 is 1.17 bits per heavy atom. The molecule has 2 atom stereocenters. The third-order valence-corrected chi connectivity index (χ3v) is 4.93. The first-order valence-electron chi connectivity index (χ1n) is 8.67. The first-order chi connectivity index (χ1) is 11.8. The summed E-state index contributed by atoms with van der Waals surface area (Å²) >= 11 is 0. The first kappa shape index (κ1) is 15.7. The van der Waals surface area contributed by atoms with Crippen LogP contribution in [0.5, 0.6) is 0 Å². The molecule has 0 saturated carbocycles. The Morgan fingerprint density at radius 2 is 2.12 bits per heavy atom. The topological polar surface area (TPSA) is 41.5 Å². The Morgan fingerprint density at radius 3 is 2.96 bits per heavy atom. The smallest absolute Gasteiger partial charge is 0.0870 e. The molecule has 4 heterocycles. The minimum atomic E-state index is 0.306. The van der Waals surface area contributed by atoms with E-state index in [1.165, 1.54) is 5.56 Å². The van der Waals surface area contributed by atoms with Crippen molar-refractivity contribution in [3.05, 3.63) is 59.7 Å². The molecule has 2 aliphatic rings. The van der Waals surface area contributed by atoms with E-state index in [0.717, 1.165) is 50.7 Å². The summed E-state index contributed by atoms with van der Waals surface area (Å²) in [6.07, 6.45) is 4.09. The summed E-state index contributed by atoms with van der Waals surface area (Å²) in [5, 5.41) is 0. The molecule has 0 radical (unpaired) electrons. The Hall–Kier alpha value is -1.82. The first-order valence-corrected chi connectivity index (χ1v) is 8.67. The highest BCUT2D eigenvalue weighted by molar-refractivity contribution is 5.12. The molecule has 0 unspecified atom stereocenters. The monoisotopic (exact) mass is 324 g/mol. The lowest BCUT2D eigenvalue weighted by Crippen LogP contribution is -2.50. The maximum atomic E-state index is 6.04. The van der Waals surface area contributed by atoms with Crippen LogP contribution in [-0.4, -0.2) is 58.2 Å². The van der Waals surface area contributed by atoms with Crippen LogP contribution in [0.3, 0.4) is 0 Å². The second-order valence-electron chi connectivity index (χ2n) is 6.77. The molecule has 0 spiro atoms. The lowest BCUT2D eigenvalue weighted by atomic mass is 10.1. The molecule has 2 saturated heterocycles. The fraction of sp³-hybridized carbons (Fsp3) is 0.474. The highest BCUT2D eigenvalue weighted by Crippen LogP contribution is 2.25. The molecule has 2 aliphatic heterocycles. The maximum absolute atomic E-state index is 6.04. The number of nitrogens with zero attached hydrogens (tertiary/aromatic N) is 4. The van der Waals surface area contributed by atoms with Gasteiger partial charge in [0.2, 0.25) is 0 Å². The number of likely N-dealkylation sites (tertiary alicyclic amines) is 1. The van der Waals surface area contributed by atoms with E-state index < -0.39 is 0 Å². The second kappa shape index (κ2) is 6.97. The summed E-state index contributed by atoms with van der Waals surface area (Å²) in [6.45, 7) is 7.75. The fourth-order valence-corrected chi connectivity index (χ4v) is 3.81. The molecule has 0 aliphatic carbocycles. The summed E-state index contributed by atoms with van der Waals surface area (Å²) in [5.41, 5.74) is 3.51. The van der Waals surface area contributed by atoms with E-state index in [4.69, 9.17) is 4.74 Å². The van der Waals surface area contributed by atoms with Crippen LogP contribution in [-0.2, 0) is 17.8 Å². The zero-order chi connectivity index (χ0) is 16.4. The average molecular weight is 324 g/mol. The van der Waals surface area contributed by atoms with E-state index in [1.54, 1.807) is 0 Å². The van der Waals surface area contributed by atoms with Gasteiger partial charge in [-0.25, -0.2) is 0 Å². The molecule has 0 bridgehead atoms. The van der Waals surface area contributed by atoms with Crippen LogP contribution in [0, 0.1) is 6.92 Å². The van der Waals surface area contributed by atoms with Gasteiger partial charge in [-0.1, -0.05) is 12.1 Å². The Kier molecular flexibility index (Phi) is 4.56. The van der Waals surface area contributed by atoms with Gasteiger partial charge in [0.15, 0.2) is 0 Å². The molecule has 2 aromatic rings. The van der Waals surface area contributed by atoms with Crippen molar-refractivity contribution in [3.63, 3.8) is 0 Å². The van der Waals surface area contributed by atoms with Crippen LogP contribution in [0.4, 0.5) is 0 Å². The van der Waals surface area contributed by atoms with Crippen molar-refractivity contribution in [2.24, 2.45) is 0 Å². The zero-order valence-electron chi connectivity index (χ0n) is 14.1. The molecule has 2 fully saturated rings. The van der Waals surface area contributed by atoms with Gasteiger partial charge in [-0.05, 0) is 30.7 Å². The molecular weight excluding hydrogens is 300 g/mol. The van der Waals surface area contributed by atoms with Crippen LogP contribution < -0.4 is 0 Å². The Bertz CT molecular complexity index is 678. The van der Waals surface area contributed by atoms with E-state index in [-0.39, 0.29) is 0 Å². The number of pyridine rings is 2. The van der Waals surface area contributed by atoms with Crippen LogP contribution in [0.2, 0.25) is 0 Å². The Labute approximate surface area is 143 Å². The summed E-state index contributed by atoms with van der Waals surface area (Å²) in [7, 11) is 0. The normalized spacial score (nSPS) is 24.9. The number of rotatable bonds is 4. The SMILES string of the molecule is Cc1cccc(CN2CCO[C@@H]3CN(Cc4cccnc4)C[C@@H]32)n1. The van der Waals surface area contributed by atoms with Gasteiger partial charge in [-0.15, -0.1) is 0 Å². The fourth-order valence-electron chi connectivity index (χ4n) is 3.81. The summed E-state index contributed by atoms with van der Waals surface area (Å²) in [4.78, 5) is 13.9. The van der Waals surface area contributed by atoms with Crippen LogP contribution in [0.25, 0.3) is 0 Å². The maximum Gasteiger partial charge on any atom is 0.0870 e. The highest BCUT2D eigenvalue weighted by atomic mass is 16.5. The molecule has 0 amide bonds. The highest BCUT2D eigenvalue weighted by Gasteiger charge is 2.39. The van der Waals surface area contributed by atoms with Gasteiger partial charge in [0, 0.05) is 50.8 Å². The van der Waals surface area contributed by atoms with E-state index in [2.05, 4.69) is 51.0 Å². The minimum absolute atomic E-state index is 0.306. The van der Waals surface area contributed by atoms with Crippen molar-refractivity contribution in [1.29, 1.82) is 0 Å². The van der Waals surface area contributed by atoms with Crippen molar-refractivity contribution in [1.82, 2.24) is 19.8 Å². The number of ether oxygens (including phenoxy) is 1. The summed E-state index contributed by atoms with van der Waals surface area (Å²) < 4.78 is 6.04. The molecule has 126 valence electrons. The molecular formula is C19H24N4O. The van der Waals surface area contributed by atoms with E-state index >= 15 is 0 Å². The lowest BCUT2D eigenvalue weighted by molar-refractivity contribution is -0.0508. The summed E-state index contributed by atoms with van der Waals surface area (Å²) in [5.74, 6) is 0. The quantitative estimate of drug-likeness (QED) is 0.859. The van der Waals surface area contributed by atoms with E-state index in [0.29, 0.717) is 12.1 Å². The summed E-state index contributed by atoms with van der Waals surface area (Å²) in [6, 6.07) is 10.9. The average Bonchev–Trinajstić information content (AvgIpc) is 2.99. The standard InChI is InChI=1S/C19H24N4O/c1-15-4-2-6-17(21-15)12-23-8-9-24-19-14-22(13-18(19)23)11-16-5-3-7-20-10-16/h2-7,10,18-19H,8-9,11-14H2,1H3/t18-,19+/m0/s1. The van der Waals surface area contributed by atoms with Crippen molar-refractivity contribution in [2.45, 2.75) is 32.2 Å². The van der Waals surface area contributed by atoms with E-state index in [1.807, 2.05) is 18.5 Å². The molecule has 4 rings (SSSR count). The number of hydrogen-bond donors (Lipinski definition) is 0. The number of aromatic nitrogens is 2. The molecule has 2 aromatic heterocycles. The van der Waals surface area contributed by atoms with Crippen molar-refractivity contribution >= 4 is 0 Å². The molecule has 5 nitrogen and oxygen atoms in total. The predicted molar refractivity (Wildman–Crippen MR) is 92.4 cm³/mol. The zero-order valence-corrected chi connectivity index (χ0v) is 14.1.